The summed E-state index contributed by atoms with van der Waals surface area (Å²) in [5.74, 6) is 0.534. The van der Waals surface area contributed by atoms with Crippen LogP contribution in [-0.4, -0.2) is 4.57 Å². The Kier molecular flexibility index (Phi) is 7.65. The van der Waals surface area contributed by atoms with E-state index in [9.17, 15) is 0 Å². The normalized spacial score (nSPS) is 14.3. The molecule has 0 amide bonds. The molecule has 0 saturated heterocycles. The Labute approximate surface area is 359 Å². The summed E-state index contributed by atoms with van der Waals surface area (Å²) in [6, 6.07) is 77.1. The van der Waals surface area contributed by atoms with Crippen LogP contribution >= 0.6 is 11.8 Å². The number of benzene rings is 10. The molecule has 0 fully saturated rings. The van der Waals surface area contributed by atoms with Gasteiger partial charge in [0, 0.05) is 37.6 Å². The summed E-state index contributed by atoms with van der Waals surface area (Å²) in [7, 11) is 0. The van der Waals surface area contributed by atoms with E-state index in [-0.39, 0.29) is 11.8 Å². The zero-order valence-electron chi connectivity index (χ0n) is 33.6. The zero-order chi connectivity index (χ0) is 40.2. The molecule has 2 heteroatoms. The molecule has 2 atom stereocenters. The lowest BCUT2D eigenvalue weighted by Gasteiger charge is -2.26. The number of nitrogens with zero attached hydrogens (tertiary/aromatic N) is 1. The quantitative estimate of drug-likeness (QED) is 0.168. The van der Waals surface area contributed by atoms with E-state index in [1.54, 1.807) is 0 Å². The highest BCUT2D eigenvalue weighted by Crippen LogP contribution is 2.55. The maximum atomic E-state index is 2.50. The molecule has 0 spiro atoms. The van der Waals surface area contributed by atoms with Gasteiger partial charge in [0.05, 0.1) is 11.0 Å². The van der Waals surface area contributed by atoms with Crippen LogP contribution in [0.5, 0.6) is 0 Å². The zero-order valence-corrected chi connectivity index (χ0v) is 34.5. The minimum Gasteiger partial charge on any atom is -0.309 e. The molecule has 1 nitrogen and oxygen atoms in total. The molecular weight excluding hydrogens is 755 g/mol. The van der Waals surface area contributed by atoms with Gasteiger partial charge in [0.2, 0.25) is 0 Å². The van der Waals surface area contributed by atoms with Gasteiger partial charge in [-0.1, -0.05) is 182 Å². The molecule has 2 heterocycles. The maximum absolute atomic E-state index is 2.50. The van der Waals surface area contributed by atoms with Gasteiger partial charge in [-0.15, -0.1) is 0 Å². The average molecular weight is 794 g/mol. The standard InChI is InChI=1S/C59H39NS/c1-36(57-47-20-8-7-19-45(47)52-33-43(27-30-49(52)57)41-18-11-17-40(31-41)37-13-3-2-4-14-37)39-26-29-46-48-22-12-23-51-58-50-21-9-10-24-53(50)60(44-28-25-38-15-5-6-16-42(38)32-44)54(58)35-56(59(48)51)61-55(46)34-39/h2-36,57H,1H3. The number of rotatable bonds is 5. The topological polar surface area (TPSA) is 4.93 Å². The Morgan fingerprint density at radius 1 is 0.410 bits per heavy atom. The van der Waals surface area contributed by atoms with Gasteiger partial charge in [-0.2, -0.15) is 0 Å². The Hall–Kier alpha value is -7.13. The molecule has 2 unspecified atom stereocenters. The van der Waals surface area contributed by atoms with Crippen LogP contribution in [0.25, 0.3) is 93.5 Å². The first-order valence-electron chi connectivity index (χ1n) is 21.4. The van der Waals surface area contributed by atoms with Crippen LogP contribution in [0, 0.1) is 0 Å². The monoisotopic (exact) mass is 793 g/mol. The highest BCUT2D eigenvalue weighted by molar-refractivity contribution is 7.99. The van der Waals surface area contributed by atoms with Crippen molar-refractivity contribution < 1.29 is 0 Å². The third-order valence-electron chi connectivity index (χ3n) is 13.6. The van der Waals surface area contributed by atoms with E-state index in [1.807, 2.05) is 11.8 Å². The Balaban J connectivity index is 0.912. The van der Waals surface area contributed by atoms with Crippen molar-refractivity contribution in [2.45, 2.75) is 28.6 Å². The van der Waals surface area contributed by atoms with Crippen LogP contribution in [0.1, 0.15) is 35.4 Å². The number of aromatic nitrogens is 1. The largest absolute Gasteiger partial charge is 0.309 e. The van der Waals surface area contributed by atoms with Gasteiger partial charge in [-0.05, 0) is 126 Å². The lowest BCUT2D eigenvalue weighted by molar-refractivity contribution is 0.669. The van der Waals surface area contributed by atoms with Crippen molar-refractivity contribution in [3.05, 3.63) is 223 Å². The average Bonchev–Trinajstić information content (AvgIpc) is 3.84. The Morgan fingerprint density at radius 2 is 1.11 bits per heavy atom. The maximum Gasteiger partial charge on any atom is 0.0558 e. The number of fused-ring (bicyclic) bond motifs is 10. The van der Waals surface area contributed by atoms with E-state index in [1.165, 1.54) is 120 Å². The van der Waals surface area contributed by atoms with Crippen LogP contribution in [0.3, 0.4) is 0 Å². The minimum absolute atomic E-state index is 0.260. The molecular formula is C59H39NS. The molecule has 1 aromatic heterocycles. The molecule has 0 saturated carbocycles. The molecule has 61 heavy (non-hydrogen) atoms. The SMILES string of the molecule is CC(c1ccc2c(c1)Sc1cc3c(c4cccc-2c14)c1ccccc1n3-c1ccc2ccccc2c1)C1c2ccccc2-c2cc(-c3cccc(-c4ccccc4)c3)ccc21. The van der Waals surface area contributed by atoms with Crippen molar-refractivity contribution in [2.75, 3.05) is 0 Å². The fourth-order valence-electron chi connectivity index (χ4n) is 10.7. The molecule has 2 aliphatic rings. The number of hydrogen-bond acceptors (Lipinski definition) is 1. The van der Waals surface area contributed by atoms with Gasteiger partial charge in [-0.25, -0.2) is 0 Å². The van der Waals surface area contributed by atoms with Gasteiger partial charge < -0.3 is 4.57 Å². The Morgan fingerprint density at radius 3 is 2.03 bits per heavy atom. The second-order valence-corrected chi connectivity index (χ2v) is 17.9. The van der Waals surface area contributed by atoms with Gasteiger partial charge in [0.25, 0.3) is 0 Å². The minimum atomic E-state index is 0.260. The summed E-state index contributed by atoms with van der Waals surface area (Å²) < 4.78 is 2.48. The molecule has 13 rings (SSSR count). The van der Waals surface area contributed by atoms with Gasteiger partial charge in [0.15, 0.2) is 0 Å². The van der Waals surface area contributed by atoms with E-state index >= 15 is 0 Å². The van der Waals surface area contributed by atoms with E-state index in [2.05, 4.69) is 218 Å². The Bertz CT molecular complexity index is 3590. The molecule has 0 N–H and O–H groups in total. The first-order chi connectivity index (χ1) is 30.2. The van der Waals surface area contributed by atoms with Crippen molar-refractivity contribution in [1.29, 1.82) is 0 Å². The molecule has 286 valence electrons. The van der Waals surface area contributed by atoms with Crippen LogP contribution in [0.15, 0.2) is 216 Å². The summed E-state index contributed by atoms with van der Waals surface area (Å²) in [5.41, 5.74) is 18.2. The highest BCUT2D eigenvalue weighted by atomic mass is 32.2. The molecule has 1 aliphatic heterocycles. The second-order valence-electron chi connectivity index (χ2n) is 16.8. The fourth-order valence-corrected chi connectivity index (χ4v) is 11.9. The summed E-state index contributed by atoms with van der Waals surface area (Å²) >= 11 is 1.94. The van der Waals surface area contributed by atoms with Gasteiger partial charge in [-0.3, -0.25) is 0 Å². The highest BCUT2D eigenvalue weighted by Gasteiger charge is 2.34. The predicted octanol–water partition coefficient (Wildman–Crippen LogP) is 16.5. The van der Waals surface area contributed by atoms with Crippen LogP contribution < -0.4 is 0 Å². The third kappa shape index (κ3) is 5.29. The van der Waals surface area contributed by atoms with Crippen molar-refractivity contribution in [2.24, 2.45) is 0 Å². The summed E-state index contributed by atoms with van der Waals surface area (Å²) in [4.78, 5) is 2.65. The summed E-state index contributed by atoms with van der Waals surface area (Å²) in [5, 5.41) is 7.80. The lowest BCUT2D eigenvalue weighted by atomic mass is 9.80. The molecule has 10 aromatic carbocycles. The summed E-state index contributed by atoms with van der Waals surface area (Å²) in [6.07, 6.45) is 0. The van der Waals surface area contributed by atoms with Gasteiger partial charge in [0.1, 0.15) is 0 Å². The molecule has 0 radical (unpaired) electrons. The van der Waals surface area contributed by atoms with Crippen molar-refractivity contribution in [3.63, 3.8) is 0 Å². The van der Waals surface area contributed by atoms with Crippen LogP contribution in [0.2, 0.25) is 0 Å². The van der Waals surface area contributed by atoms with E-state index in [0.717, 1.165) is 0 Å². The van der Waals surface area contributed by atoms with Crippen molar-refractivity contribution in [3.8, 4) is 50.2 Å². The number of para-hydroxylation sites is 1. The van der Waals surface area contributed by atoms with Crippen LogP contribution in [-0.2, 0) is 0 Å². The van der Waals surface area contributed by atoms with E-state index in [4.69, 9.17) is 0 Å². The summed E-state index contributed by atoms with van der Waals surface area (Å²) in [6.45, 7) is 2.43. The molecule has 1 aliphatic carbocycles. The third-order valence-corrected chi connectivity index (χ3v) is 14.7. The van der Waals surface area contributed by atoms with Crippen molar-refractivity contribution in [1.82, 2.24) is 4.57 Å². The molecule has 0 bridgehead atoms. The fraction of sp³-hybridized carbons (Fsp3) is 0.0508. The first kappa shape index (κ1) is 34.7. The molecule has 11 aromatic rings. The van der Waals surface area contributed by atoms with E-state index < -0.39 is 0 Å². The smallest absolute Gasteiger partial charge is 0.0558 e. The number of hydrogen-bond donors (Lipinski definition) is 0. The second kappa shape index (κ2) is 13.4. The lowest BCUT2D eigenvalue weighted by Crippen LogP contribution is -2.08. The first-order valence-corrected chi connectivity index (χ1v) is 22.2. The van der Waals surface area contributed by atoms with E-state index in [0.29, 0.717) is 0 Å². The predicted molar refractivity (Wildman–Crippen MR) is 258 cm³/mol. The van der Waals surface area contributed by atoms with Crippen molar-refractivity contribution >= 4 is 55.1 Å². The van der Waals surface area contributed by atoms with Crippen LogP contribution in [0.4, 0.5) is 0 Å². The van der Waals surface area contributed by atoms with Gasteiger partial charge >= 0.3 is 0 Å².